The molecule has 1 aliphatic rings. The maximum absolute atomic E-state index is 11.3. The van der Waals surface area contributed by atoms with E-state index in [1.807, 2.05) is 38.1 Å². The number of cyclic esters (lactones) is 1. The van der Waals surface area contributed by atoms with Crippen LogP contribution in [0.15, 0.2) is 36.4 Å². The van der Waals surface area contributed by atoms with Crippen LogP contribution in [0.2, 0.25) is 0 Å². The van der Waals surface area contributed by atoms with Gasteiger partial charge in [0.25, 0.3) is 0 Å². The largest absolute Gasteiger partial charge is 0.458 e. The monoisotopic (exact) mass is 202 g/mol. The van der Waals surface area contributed by atoms with Crippen molar-refractivity contribution in [2.75, 3.05) is 0 Å². The maximum atomic E-state index is 11.3. The van der Waals surface area contributed by atoms with Crippen molar-refractivity contribution in [2.24, 2.45) is 0 Å². The van der Waals surface area contributed by atoms with Gasteiger partial charge in [-0.3, -0.25) is 0 Å². The van der Waals surface area contributed by atoms with Crippen LogP contribution in [0, 0.1) is 6.92 Å². The molecule has 1 aromatic rings. The summed E-state index contributed by atoms with van der Waals surface area (Å²) >= 11 is 0. The topological polar surface area (TPSA) is 26.3 Å². The first kappa shape index (κ1) is 9.97. The van der Waals surface area contributed by atoms with Crippen molar-refractivity contribution in [1.82, 2.24) is 0 Å². The molecule has 1 aliphatic heterocycles. The second-order valence-electron chi connectivity index (χ2n) is 4.02. The minimum atomic E-state index is -0.270. The average molecular weight is 202 g/mol. The zero-order valence-corrected chi connectivity index (χ0v) is 8.99. The van der Waals surface area contributed by atoms with Crippen molar-refractivity contribution in [3.63, 3.8) is 0 Å². The Morgan fingerprint density at radius 2 is 1.87 bits per heavy atom. The molecule has 0 amide bonds. The Morgan fingerprint density at radius 1 is 1.27 bits per heavy atom. The summed E-state index contributed by atoms with van der Waals surface area (Å²) in [6.07, 6.45) is -0.104. The molecule has 0 aromatic heterocycles. The third kappa shape index (κ3) is 1.67. The third-order valence-corrected chi connectivity index (χ3v) is 2.84. The van der Waals surface area contributed by atoms with Gasteiger partial charge >= 0.3 is 5.97 Å². The summed E-state index contributed by atoms with van der Waals surface area (Å²) in [5.41, 5.74) is 2.87. The predicted octanol–water partition coefficient (Wildman–Crippen LogP) is 2.58. The molecule has 0 bridgehead atoms. The summed E-state index contributed by atoms with van der Waals surface area (Å²) in [6, 6.07) is 8.14. The lowest BCUT2D eigenvalue weighted by Crippen LogP contribution is -2.09. The molecule has 78 valence electrons. The standard InChI is InChI=1S/C13H14O2/c1-8-4-6-11(7-5-8)12-9(2)13(14)15-10(12)3/h4-7,10,12H,2H2,1,3H3/t10-,12+/m0/s1. The fourth-order valence-electron chi connectivity index (χ4n) is 1.97. The van der Waals surface area contributed by atoms with E-state index >= 15 is 0 Å². The van der Waals surface area contributed by atoms with E-state index < -0.39 is 0 Å². The summed E-state index contributed by atoms with van der Waals surface area (Å²) in [4.78, 5) is 11.3. The number of esters is 1. The first-order valence-electron chi connectivity index (χ1n) is 5.06. The number of hydrogen-bond donors (Lipinski definition) is 0. The average Bonchev–Trinajstić information content (AvgIpc) is 2.44. The van der Waals surface area contributed by atoms with Crippen LogP contribution in [0.4, 0.5) is 0 Å². The van der Waals surface area contributed by atoms with Crippen molar-refractivity contribution in [3.05, 3.63) is 47.5 Å². The molecule has 0 aliphatic carbocycles. The molecule has 0 spiro atoms. The van der Waals surface area contributed by atoms with Crippen LogP contribution in [0.5, 0.6) is 0 Å². The SMILES string of the molecule is C=C1C(=O)O[C@@H](C)[C@@H]1c1ccc(C)cc1. The van der Waals surface area contributed by atoms with Gasteiger partial charge in [-0.2, -0.15) is 0 Å². The number of rotatable bonds is 1. The Bertz CT molecular complexity index is 403. The number of hydrogen-bond acceptors (Lipinski definition) is 2. The van der Waals surface area contributed by atoms with Gasteiger partial charge in [-0.15, -0.1) is 0 Å². The van der Waals surface area contributed by atoms with Gasteiger partial charge in [-0.1, -0.05) is 36.4 Å². The number of carbonyl (C=O) groups is 1. The van der Waals surface area contributed by atoms with Crippen LogP contribution in [0.1, 0.15) is 24.0 Å². The molecule has 0 N–H and O–H groups in total. The molecule has 2 rings (SSSR count). The van der Waals surface area contributed by atoms with E-state index in [1.54, 1.807) is 0 Å². The molecule has 0 unspecified atom stereocenters. The van der Waals surface area contributed by atoms with Crippen molar-refractivity contribution in [2.45, 2.75) is 25.9 Å². The highest BCUT2D eigenvalue weighted by atomic mass is 16.5. The Balaban J connectivity index is 2.35. The van der Waals surface area contributed by atoms with Crippen LogP contribution >= 0.6 is 0 Å². The zero-order valence-electron chi connectivity index (χ0n) is 8.99. The second-order valence-corrected chi connectivity index (χ2v) is 4.02. The third-order valence-electron chi connectivity index (χ3n) is 2.84. The van der Waals surface area contributed by atoms with Crippen LogP contribution < -0.4 is 0 Å². The highest BCUT2D eigenvalue weighted by Crippen LogP contribution is 2.35. The first-order chi connectivity index (χ1) is 7.09. The lowest BCUT2D eigenvalue weighted by molar-refractivity contribution is -0.138. The molecular weight excluding hydrogens is 188 g/mol. The second kappa shape index (κ2) is 3.54. The van der Waals surface area contributed by atoms with Gasteiger partial charge in [0.05, 0.1) is 5.92 Å². The minimum absolute atomic E-state index is 0.0121. The van der Waals surface area contributed by atoms with Gasteiger partial charge in [0.15, 0.2) is 0 Å². The van der Waals surface area contributed by atoms with Gasteiger partial charge in [-0.05, 0) is 19.4 Å². The van der Waals surface area contributed by atoms with Gasteiger partial charge in [-0.25, -0.2) is 4.79 Å². The Morgan fingerprint density at radius 3 is 2.33 bits per heavy atom. The van der Waals surface area contributed by atoms with E-state index in [1.165, 1.54) is 5.56 Å². The van der Waals surface area contributed by atoms with Gasteiger partial charge in [0.1, 0.15) is 6.10 Å². The molecule has 1 aromatic carbocycles. The van der Waals surface area contributed by atoms with Crippen LogP contribution in [-0.4, -0.2) is 12.1 Å². The van der Waals surface area contributed by atoms with E-state index in [9.17, 15) is 4.79 Å². The molecule has 1 fully saturated rings. The molecule has 1 saturated heterocycles. The number of benzene rings is 1. The maximum Gasteiger partial charge on any atom is 0.334 e. The van der Waals surface area contributed by atoms with E-state index in [4.69, 9.17) is 4.74 Å². The fraction of sp³-hybridized carbons (Fsp3) is 0.308. The van der Waals surface area contributed by atoms with Crippen molar-refractivity contribution >= 4 is 5.97 Å². The molecule has 0 radical (unpaired) electrons. The molecule has 1 heterocycles. The molecule has 2 atom stereocenters. The summed E-state index contributed by atoms with van der Waals surface area (Å²) in [5, 5.41) is 0. The predicted molar refractivity (Wildman–Crippen MR) is 58.6 cm³/mol. The Kier molecular flexibility index (Phi) is 2.35. The summed E-state index contributed by atoms with van der Waals surface area (Å²) in [6.45, 7) is 7.73. The normalized spacial score (nSPS) is 25.5. The first-order valence-corrected chi connectivity index (χ1v) is 5.06. The van der Waals surface area contributed by atoms with Crippen molar-refractivity contribution in [1.29, 1.82) is 0 Å². The molecule has 2 nitrogen and oxygen atoms in total. The van der Waals surface area contributed by atoms with Gasteiger partial charge in [0, 0.05) is 5.57 Å². The van der Waals surface area contributed by atoms with Crippen molar-refractivity contribution in [3.8, 4) is 0 Å². The smallest absolute Gasteiger partial charge is 0.334 e. The van der Waals surface area contributed by atoms with E-state index in [0.717, 1.165) is 5.56 Å². The molecular formula is C13H14O2. The lowest BCUT2D eigenvalue weighted by atomic mass is 9.89. The molecule has 15 heavy (non-hydrogen) atoms. The summed E-state index contributed by atoms with van der Waals surface area (Å²) in [5.74, 6) is -0.258. The van der Waals surface area contributed by atoms with Gasteiger partial charge < -0.3 is 4.74 Å². The van der Waals surface area contributed by atoms with Crippen LogP contribution in [-0.2, 0) is 9.53 Å². The number of aryl methyl sites for hydroxylation is 1. The number of carbonyl (C=O) groups excluding carboxylic acids is 1. The van der Waals surface area contributed by atoms with E-state index in [-0.39, 0.29) is 18.0 Å². The molecule has 2 heteroatoms. The highest BCUT2D eigenvalue weighted by Gasteiger charge is 2.36. The van der Waals surface area contributed by atoms with Crippen molar-refractivity contribution < 1.29 is 9.53 Å². The summed E-state index contributed by atoms with van der Waals surface area (Å²) < 4.78 is 5.13. The highest BCUT2D eigenvalue weighted by molar-refractivity contribution is 5.92. The summed E-state index contributed by atoms with van der Waals surface area (Å²) in [7, 11) is 0. The number of ether oxygens (including phenoxy) is 1. The molecule has 0 saturated carbocycles. The quantitative estimate of drug-likeness (QED) is 0.517. The Labute approximate surface area is 89.6 Å². The fourth-order valence-corrected chi connectivity index (χ4v) is 1.97. The zero-order chi connectivity index (χ0) is 11.0. The lowest BCUT2D eigenvalue weighted by Gasteiger charge is -2.13. The van der Waals surface area contributed by atoms with E-state index in [0.29, 0.717) is 5.57 Å². The van der Waals surface area contributed by atoms with Crippen LogP contribution in [0.3, 0.4) is 0 Å². The Hall–Kier alpha value is -1.57. The minimum Gasteiger partial charge on any atom is -0.458 e. The van der Waals surface area contributed by atoms with Gasteiger partial charge in [0.2, 0.25) is 0 Å². The van der Waals surface area contributed by atoms with E-state index in [2.05, 4.69) is 6.58 Å². The van der Waals surface area contributed by atoms with Crippen LogP contribution in [0.25, 0.3) is 0 Å².